The Hall–Kier alpha value is -3.97. The molecule has 0 saturated heterocycles. The number of non-ortho nitro benzene ring substituents is 1. The molecule has 0 unspecified atom stereocenters. The van der Waals surface area contributed by atoms with Crippen LogP contribution in [-0.2, 0) is 20.0 Å². The maximum Gasteiger partial charge on any atom is 0.342 e. The van der Waals surface area contributed by atoms with Crippen molar-refractivity contribution in [2.24, 2.45) is 0 Å². The summed E-state index contributed by atoms with van der Waals surface area (Å²) >= 11 is 0. The lowest BCUT2D eigenvalue weighted by Gasteiger charge is -2.12. The molecule has 0 aliphatic rings. The molecular weight excluding hydrogens is 500 g/mol. The molecule has 0 amide bonds. The molecular formula is C22H18N2O9S2. The van der Waals surface area contributed by atoms with E-state index in [0.717, 1.165) is 18.2 Å². The van der Waals surface area contributed by atoms with Gasteiger partial charge in [0.2, 0.25) is 5.89 Å². The van der Waals surface area contributed by atoms with Gasteiger partial charge in [0.05, 0.1) is 28.2 Å². The van der Waals surface area contributed by atoms with E-state index in [1.54, 1.807) is 6.07 Å². The van der Waals surface area contributed by atoms with Gasteiger partial charge in [-0.15, -0.1) is 0 Å². The summed E-state index contributed by atoms with van der Waals surface area (Å²) in [5, 5.41) is 11.4. The Morgan fingerprint density at radius 3 is 2.43 bits per heavy atom. The summed E-state index contributed by atoms with van der Waals surface area (Å²) in [6.07, 6.45) is 0. The van der Waals surface area contributed by atoms with Crippen molar-refractivity contribution in [3.8, 4) is 23.0 Å². The number of sulfone groups is 1. The number of fused-ring (bicyclic) bond motifs is 1. The Kier molecular flexibility index (Phi) is 6.21. The first kappa shape index (κ1) is 24.2. The summed E-state index contributed by atoms with van der Waals surface area (Å²) in [5.74, 6) is -0.552. The van der Waals surface area contributed by atoms with Crippen molar-refractivity contribution in [2.45, 2.75) is 16.7 Å². The summed E-state index contributed by atoms with van der Waals surface area (Å²) in [6, 6.07) is 13.1. The molecule has 182 valence electrons. The van der Waals surface area contributed by atoms with E-state index in [-0.39, 0.29) is 55.3 Å². The fraction of sp³-hybridized carbons (Fsp3) is 0.136. The zero-order valence-corrected chi connectivity index (χ0v) is 20.0. The topological polar surface area (TPSA) is 156 Å². The lowest BCUT2D eigenvalue weighted by molar-refractivity contribution is -0.384. The summed E-state index contributed by atoms with van der Waals surface area (Å²) in [4.78, 5) is 14.7. The number of rotatable bonds is 8. The maximum absolute atomic E-state index is 13.0. The third-order valence-electron chi connectivity index (χ3n) is 5.04. The van der Waals surface area contributed by atoms with E-state index in [9.17, 15) is 26.9 Å². The van der Waals surface area contributed by atoms with Crippen molar-refractivity contribution in [3.05, 3.63) is 70.8 Å². The van der Waals surface area contributed by atoms with Crippen LogP contribution in [0.4, 0.5) is 5.69 Å². The van der Waals surface area contributed by atoms with Crippen molar-refractivity contribution in [1.29, 1.82) is 0 Å². The second-order valence-corrected chi connectivity index (χ2v) is 11.0. The average Bonchev–Trinajstić information content (AvgIpc) is 3.27. The Labute approximate surface area is 200 Å². The fourth-order valence-corrected chi connectivity index (χ4v) is 5.26. The number of nitro groups is 1. The molecule has 13 heteroatoms. The van der Waals surface area contributed by atoms with Gasteiger partial charge in [0.25, 0.3) is 5.69 Å². The van der Waals surface area contributed by atoms with Crippen LogP contribution in [0.5, 0.6) is 11.5 Å². The minimum atomic E-state index is -4.42. The third-order valence-corrected chi connectivity index (χ3v) is 8.05. The Morgan fingerprint density at radius 1 is 1.00 bits per heavy atom. The van der Waals surface area contributed by atoms with Crippen molar-refractivity contribution < 1.29 is 35.1 Å². The zero-order valence-electron chi connectivity index (χ0n) is 18.4. The van der Waals surface area contributed by atoms with Crippen LogP contribution < -0.4 is 8.92 Å². The van der Waals surface area contributed by atoms with Crippen LogP contribution in [0.1, 0.15) is 6.92 Å². The van der Waals surface area contributed by atoms with Crippen LogP contribution in [0.2, 0.25) is 0 Å². The largest absolute Gasteiger partial charge is 0.495 e. The number of hydrogen-bond acceptors (Lipinski definition) is 10. The zero-order chi connectivity index (χ0) is 25.4. The highest BCUT2D eigenvalue weighted by molar-refractivity contribution is 7.91. The molecule has 0 radical (unpaired) electrons. The Balaban J connectivity index is 1.85. The highest BCUT2D eigenvalue weighted by atomic mass is 32.2. The SMILES string of the molecule is CCS(=O)(=O)c1ccc2oc(-c3cc([N+](=O)[O-])ccc3OS(=O)(=O)c3ccccc3OC)nc2c1. The lowest BCUT2D eigenvalue weighted by Crippen LogP contribution is -2.12. The van der Waals surface area contributed by atoms with E-state index in [4.69, 9.17) is 13.3 Å². The van der Waals surface area contributed by atoms with E-state index in [1.165, 1.54) is 50.4 Å². The molecule has 0 fully saturated rings. The normalized spacial score (nSPS) is 11.9. The number of nitro benzene ring substituents is 1. The van der Waals surface area contributed by atoms with Gasteiger partial charge in [0.15, 0.2) is 21.2 Å². The smallest absolute Gasteiger partial charge is 0.342 e. The summed E-state index contributed by atoms with van der Waals surface area (Å²) in [7, 11) is -6.64. The van der Waals surface area contributed by atoms with Crippen LogP contribution >= 0.6 is 0 Å². The number of benzene rings is 3. The molecule has 4 aromatic rings. The van der Waals surface area contributed by atoms with Gasteiger partial charge in [-0.05, 0) is 36.4 Å². The minimum absolute atomic E-state index is 0.0293. The van der Waals surface area contributed by atoms with Gasteiger partial charge in [-0.25, -0.2) is 13.4 Å². The van der Waals surface area contributed by atoms with Crippen molar-refractivity contribution >= 4 is 36.7 Å². The first-order valence-electron chi connectivity index (χ1n) is 10.1. The number of para-hydroxylation sites is 1. The van der Waals surface area contributed by atoms with Gasteiger partial charge in [0, 0.05) is 12.1 Å². The second-order valence-electron chi connectivity index (χ2n) is 7.18. The fourth-order valence-electron chi connectivity index (χ4n) is 3.24. The van der Waals surface area contributed by atoms with E-state index in [1.807, 2.05) is 0 Å². The van der Waals surface area contributed by atoms with Gasteiger partial charge < -0.3 is 13.3 Å². The van der Waals surface area contributed by atoms with Gasteiger partial charge in [-0.1, -0.05) is 19.1 Å². The summed E-state index contributed by atoms with van der Waals surface area (Å²) in [6.45, 7) is 1.50. The molecule has 1 heterocycles. The van der Waals surface area contributed by atoms with Crippen LogP contribution in [0.3, 0.4) is 0 Å². The molecule has 0 aliphatic heterocycles. The van der Waals surface area contributed by atoms with Crippen molar-refractivity contribution in [3.63, 3.8) is 0 Å². The molecule has 0 N–H and O–H groups in total. The van der Waals surface area contributed by atoms with Crippen LogP contribution in [0.25, 0.3) is 22.6 Å². The first-order chi connectivity index (χ1) is 16.6. The lowest BCUT2D eigenvalue weighted by atomic mass is 10.2. The van der Waals surface area contributed by atoms with Crippen LogP contribution in [0.15, 0.2) is 74.9 Å². The molecule has 0 saturated carbocycles. The highest BCUT2D eigenvalue weighted by Gasteiger charge is 2.26. The quantitative estimate of drug-likeness (QED) is 0.190. The van der Waals surface area contributed by atoms with Gasteiger partial charge >= 0.3 is 10.1 Å². The van der Waals surface area contributed by atoms with E-state index in [0.29, 0.717) is 0 Å². The standard InChI is InChI=1S/C22H18N2O9S2/c1-3-34(27,28)15-9-11-19-17(13-15)23-22(32-19)16-12-14(24(25)26)8-10-18(16)33-35(29,30)21-7-5-4-6-20(21)31-2/h4-13H,3H2,1-2H3. The van der Waals surface area contributed by atoms with E-state index in [2.05, 4.69) is 4.98 Å². The average molecular weight is 519 g/mol. The molecule has 0 atom stereocenters. The van der Waals surface area contributed by atoms with Crippen LogP contribution in [0, 0.1) is 10.1 Å². The molecule has 0 bridgehead atoms. The monoisotopic (exact) mass is 518 g/mol. The Bertz CT molecular complexity index is 1660. The first-order valence-corrected chi connectivity index (χ1v) is 13.1. The minimum Gasteiger partial charge on any atom is -0.495 e. The van der Waals surface area contributed by atoms with Gasteiger partial charge in [0.1, 0.15) is 16.2 Å². The van der Waals surface area contributed by atoms with Gasteiger partial charge in [-0.2, -0.15) is 8.42 Å². The number of oxazole rings is 1. The molecule has 11 nitrogen and oxygen atoms in total. The second kappa shape index (κ2) is 9.00. The number of aromatic nitrogens is 1. The van der Waals surface area contributed by atoms with E-state index >= 15 is 0 Å². The van der Waals surface area contributed by atoms with Crippen molar-refractivity contribution in [2.75, 3.05) is 12.9 Å². The number of ether oxygens (including phenoxy) is 1. The molecule has 4 rings (SSSR count). The molecule has 35 heavy (non-hydrogen) atoms. The number of hydrogen-bond donors (Lipinski definition) is 0. The predicted octanol–water partition coefficient (Wildman–Crippen LogP) is 3.97. The number of nitrogens with zero attached hydrogens (tertiary/aromatic N) is 2. The van der Waals surface area contributed by atoms with Crippen LogP contribution in [-0.4, -0.2) is 39.6 Å². The third kappa shape index (κ3) is 4.68. The molecule has 1 aromatic heterocycles. The highest BCUT2D eigenvalue weighted by Crippen LogP contribution is 2.37. The molecule has 3 aromatic carbocycles. The van der Waals surface area contributed by atoms with E-state index < -0.39 is 24.9 Å². The molecule has 0 spiro atoms. The maximum atomic E-state index is 13.0. The summed E-state index contributed by atoms with van der Waals surface area (Å²) in [5.41, 5.74) is -0.119. The number of methoxy groups -OCH3 is 1. The van der Waals surface area contributed by atoms with Gasteiger partial charge in [-0.3, -0.25) is 10.1 Å². The van der Waals surface area contributed by atoms with Crippen molar-refractivity contribution in [1.82, 2.24) is 4.98 Å². The molecule has 0 aliphatic carbocycles. The summed E-state index contributed by atoms with van der Waals surface area (Å²) < 4.78 is 66.5. The Morgan fingerprint density at radius 2 is 1.74 bits per heavy atom. The predicted molar refractivity (Wildman–Crippen MR) is 125 cm³/mol.